The van der Waals surface area contributed by atoms with Gasteiger partial charge in [-0.25, -0.2) is 15.8 Å². The molecule has 108 valence electrons. The molecule has 1 unspecified atom stereocenters. The summed E-state index contributed by atoms with van der Waals surface area (Å²) in [6.07, 6.45) is 3.50. The van der Waals surface area contributed by atoms with Crippen molar-refractivity contribution in [1.82, 2.24) is 9.97 Å². The van der Waals surface area contributed by atoms with E-state index in [2.05, 4.69) is 34.6 Å². The van der Waals surface area contributed by atoms with Crippen molar-refractivity contribution < 1.29 is 5.11 Å². The van der Waals surface area contributed by atoms with Gasteiger partial charge in [0.15, 0.2) is 0 Å². The Morgan fingerprint density at radius 2 is 2.00 bits per heavy atom. The van der Waals surface area contributed by atoms with Crippen molar-refractivity contribution in [2.45, 2.75) is 52.5 Å². The van der Waals surface area contributed by atoms with E-state index in [1.807, 2.05) is 6.92 Å². The number of hydrazine groups is 1. The van der Waals surface area contributed by atoms with E-state index < -0.39 is 0 Å². The van der Waals surface area contributed by atoms with E-state index in [9.17, 15) is 0 Å². The maximum absolute atomic E-state index is 8.85. The molecule has 0 spiro atoms. The highest BCUT2D eigenvalue weighted by molar-refractivity contribution is 5.57. The second-order valence-electron chi connectivity index (χ2n) is 4.77. The molecular formula is C13H25N5O. The summed E-state index contributed by atoms with van der Waals surface area (Å²) in [5.41, 5.74) is 3.53. The Hall–Kier alpha value is -1.40. The first-order chi connectivity index (χ1) is 9.12. The van der Waals surface area contributed by atoms with Gasteiger partial charge in [-0.1, -0.05) is 6.92 Å². The minimum atomic E-state index is 0.214. The van der Waals surface area contributed by atoms with Crippen LogP contribution in [-0.4, -0.2) is 27.7 Å². The zero-order valence-corrected chi connectivity index (χ0v) is 12.0. The molecule has 19 heavy (non-hydrogen) atoms. The van der Waals surface area contributed by atoms with Gasteiger partial charge in [0, 0.05) is 24.6 Å². The van der Waals surface area contributed by atoms with Gasteiger partial charge in [-0.3, -0.25) is 0 Å². The third-order valence-electron chi connectivity index (χ3n) is 2.98. The Bertz CT molecular complexity index is 397. The van der Waals surface area contributed by atoms with Crippen molar-refractivity contribution >= 4 is 11.6 Å². The van der Waals surface area contributed by atoms with Crippen LogP contribution in [0.1, 0.15) is 44.5 Å². The van der Waals surface area contributed by atoms with Gasteiger partial charge in [0.2, 0.25) is 0 Å². The summed E-state index contributed by atoms with van der Waals surface area (Å²) in [7, 11) is 0. The van der Waals surface area contributed by atoms with Crippen molar-refractivity contribution in [3.63, 3.8) is 0 Å². The number of hydrogen-bond acceptors (Lipinski definition) is 6. The molecule has 5 N–H and O–H groups in total. The molecule has 1 rings (SSSR count). The molecular weight excluding hydrogens is 242 g/mol. The van der Waals surface area contributed by atoms with Crippen molar-refractivity contribution in [2.24, 2.45) is 5.84 Å². The number of nitrogen functional groups attached to an aromatic ring is 1. The maximum Gasteiger partial charge on any atom is 0.148 e. The minimum absolute atomic E-state index is 0.214. The van der Waals surface area contributed by atoms with Crippen molar-refractivity contribution in [3.05, 3.63) is 11.4 Å². The van der Waals surface area contributed by atoms with E-state index >= 15 is 0 Å². The number of hydrogen-bond donors (Lipinski definition) is 4. The number of rotatable bonds is 8. The Morgan fingerprint density at radius 3 is 2.58 bits per heavy atom. The van der Waals surface area contributed by atoms with Gasteiger partial charge >= 0.3 is 0 Å². The monoisotopic (exact) mass is 267 g/mol. The normalized spacial score (nSPS) is 12.3. The molecule has 0 aliphatic rings. The van der Waals surface area contributed by atoms with E-state index in [1.165, 1.54) is 0 Å². The number of aryl methyl sites for hydroxylation is 1. The molecule has 0 fully saturated rings. The van der Waals surface area contributed by atoms with Crippen LogP contribution < -0.4 is 16.6 Å². The smallest absolute Gasteiger partial charge is 0.148 e. The fourth-order valence-corrected chi connectivity index (χ4v) is 1.88. The first-order valence-corrected chi connectivity index (χ1v) is 6.83. The van der Waals surface area contributed by atoms with Crippen LogP contribution in [0, 0.1) is 6.92 Å². The average Bonchev–Trinajstić information content (AvgIpc) is 2.40. The number of nitrogens with zero attached hydrogens (tertiary/aromatic N) is 2. The second kappa shape index (κ2) is 7.91. The van der Waals surface area contributed by atoms with Crippen LogP contribution in [0.15, 0.2) is 0 Å². The van der Waals surface area contributed by atoms with Gasteiger partial charge < -0.3 is 15.8 Å². The zero-order chi connectivity index (χ0) is 14.3. The molecule has 0 saturated heterocycles. The van der Waals surface area contributed by atoms with Crippen LogP contribution >= 0.6 is 0 Å². The van der Waals surface area contributed by atoms with Crippen molar-refractivity contribution in [1.29, 1.82) is 0 Å². The van der Waals surface area contributed by atoms with Gasteiger partial charge in [0.05, 0.1) is 0 Å². The molecule has 6 nitrogen and oxygen atoms in total. The van der Waals surface area contributed by atoms with Gasteiger partial charge in [-0.2, -0.15) is 0 Å². The average molecular weight is 267 g/mol. The second-order valence-corrected chi connectivity index (χ2v) is 4.77. The van der Waals surface area contributed by atoms with Crippen molar-refractivity contribution in [2.75, 3.05) is 17.3 Å². The number of aliphatic hydroxyl groups is 1. The number of nitrogens with two attached hydrogens (primary N) is 1. The molecule has 0 aromatic carbocycles. The lowest BCUT2D eigenvalue weighted by Crippen LogP contribution is -2.20. The fourth-order valence-electron chi connectivity index (χ4n) is 1.88. The maximum atomic E-state index is 8.85. The van der Waals surface area contributed by atoms with Gasteiger partial charge in [-0.15, -0.1) is 0 Å². The van der Waals surface area contributed by atoms with Crippen LogP contribution in [0.2, 0.25) is 0 Å². The summed E-state index contributed by atoms with van der Waals surface area (Å²) in [5, 5.41) is 12.2. The summed E-state index contributed by atoms with van der Waals surface area (Å²) < 4.78 is 0. The Labute approximate surface area is 114 Å². The predicted molar refractivity (Wildman–Crippen MR) is 78.0 cm³/mol. The molecule has 1 aromatic heterocycles. The summed E-state index contributed by atoms with van der Waals surface area (Å²) in [5.74, 6) is 7.76. The number of nitrogens with one attached hydrogen (secondary N) is 2. The van der Waals surface area contributed by atoms with E-state index in [0.29, 0.717) is 5.82 Å². The van der Waals surface area contributed by atoms with Crippen molar-refractivity contribution in [3.8, 4) is 0 Å². The van der Waals surface area contributed by atoms with Gasteiger partial charge in [0.25, 0.3) is 0 Å². The minimum Gasteiger partial charge on any atom is -0.396 e. The molecule has 1 atom stereocenters. The predicted octanol–water partition coefficient (Wildman–Crippen LogP) is 1.60. The molecule has 0 bridgehead atoms. The Kier molecular flexibility index (Phi) is 6.52. The molecule has 6 heteroatoms. The lowest BCUT2D eigenvalue weighted by atomic mass is 10.2. The van der Waals surface area contributed by atoms with Crippen LogP contribution in [0.5, 0.6) is 0 Å². The van der Waals surface area contributed by atoms with E-state index in [1.54, 1.807) is 0 Å². The van der Waals surface area contributed by atoms with E-state index in [0.717, 1.165) is 42.9 Å². The first kappa shape index (κ1) is 15.7. The van der Waals surface area contributed by atoms with Crippen LogP contribution in [0.25, 0.3) is 0 Å². The van der Waals surface area contributed by atoms with Gasteiger partial charge in [0.1, 0.15) is 17.5 Å². The highest BCUT2D eigenvalue weighted by Crippen LogP contribution is 2.21. The molecule has 0 aliphatic heterocycles. The highest BCUT2D eigenvalue weighted by atomic mass is 16.2. The van der Waals surface area contributed by atoms with E-state index in [-0.39, 0.29) is 12.6 Å². The molecule has 0 aliphatic carbocycles. The van der Waals surface area contributed by atoms with E-state index in [4.69, 9.17) is 10.9 Å². The number of aromatic nitrogens is 2. The molecule has 1 heterocycles. The summed E-state index contributed by atoms with van der Waals surface area (Å²) in [6.45, 7) is 6.32. The topological polar surface area (TPSA) is 96.1 Å². The van der Waals surface area contributed by atoms with Gasteiger partial charge in [-0.05, 0) is 33.1 Å². The Balaban J connectivity index is 2.88. The standard InChI is InChI=1S/C13H25N5O/c1-4-6-11-16-12(10(3)13(17-11)18-14)15-9(2)7-5-8-19/h9,19H,4-8,14H2,1-3H3,(H2,15,16,17,18). The van der Waals surface area contributed by atoms with Crippen LogP contribution in [-0.2, 0) is 6.42 Å². The highest BCUT2D eigenvalue weighted by Gasteiger charge is 2.12. The number of aliphatic hydroxyl groups excluding tert-OH is 1. The summed E-state index contributed by atoms with van der Waals surface area (Å²) in [6, 6.07) is 0.251. The Morgan fingerprint density at radius 1 is 1.32 bits per heavy atom. The quantitative estimate of drug-likeness (QED) is 0.422. The van der Waals surface area contributed by atoms with Crippen LogP contribution in [0.3, 0.4) is 0 Å². The summed E-state index contributed by atoms with van der Waals surface area (Å²) in [4.78, 5) is 8.92. The molecule has 0 saturated carbocycles. The zero-order valence-electron chi connectivity index (χ0n) is 12.0. The number of anilines is 2. The third kappa shape index (κ3) is 4.65. The molecule has 0 radical (unpaired) electrons. The lowest BCUT2D eigenvalue weighted by molar-refractivity contribution is 0.282. The fraction of sp³-hybridized carbons (Fsp3) is 0.692. The SMILES string of the molecule is CCCc1nc(NN)c(C)c(NC(C)CCCO)n1. The molecule has 0 amide bonds. The molecule has 1 aromatic rings. The largest absolute Gasteiger partial charge is 0.396 e. The van der Waals surface area contributed by atoms with Crippen LogP contribution in [0.4, 0.5) is 11.6 Å². The first-order valence-electron chi connectivity index (χ1n) is 6.83. The third-order valence-corrected chi connectivity index (χ3v) is 2.98. The lowest BCUT2D eigenvalue weighted by Gasteiger charge is -2.18. The summed E-state index contributed by atoms with van der Waals surface area (Å²) >= 11 is 0.